The van der Waals surface area contributed by atoms with Crippen LogP contribution >= 0.6 is 23.8 Å². The standard InChI is InChI=1S/C21H23ClN2O4S/c1-5-28-21(26)17-12-16(27-4)10-11-18(17)24(3)19(25)13-20(29)23(2)15-8-6-14(22)7-9-15/h6-12H,5,13H2,1-4H3. The zero-order valence-corrected chi connectivity index (χ0v) is 18.3. The Labute approximate surface area is 181 Å². The number of ether oxygens (including phenoxy) is 2. The summed E-state index contributed by atoms with van der Waals surface area (Å²) in [4.78, 5) is 28.8. The fraction of sp³-hybridized carbons (Fsp3) is 0.286. The number of halogens is 1. The molecule has 0 radical (unpaired) electrons. The van der Waals surface area contributed by atoms with Crippen molar-refractivity contribution in [3.63, 3.8) is 0 Å². The minimum absolute atomic E-state index is 0.000740. The smallest absolute Gasteiger partial charge is 0.340 e. The molecule has 0 fully saturated rings. The highest BCUT2D eigenvalue weighted by atomic mass is 35.5. The molecule has 1 amide bonds. The Morgan fingerprint density at radius 1 is 1.07 bits per heavy atom. The first-order valence-corrected chi connectivity index (χ1v) is 9.71. The van der Waals surface area contributed by atoms with E-state index in [9.17, 15) is 9.59 Å². The molecular weight excluding hydrogens is 412 g/mol. The lowest BCUT2D eigenvalue weighted by atomic mass is 10.1. The van der Waals surface area contributed by atoms with E-state index in [1.807, 2.05) is 12.1 Å². The molecule has 0 N–H and O–H groups in total. The van der Waals surface area contributed by atoms with Gasteiger partial charge in [0.1, 0.15) is 5.75 Å². The lowest BCUT2D eigenvalue weighted by Crippen LogP contribution is -2.34. The van der Waals surface area contributed by atoms with Crippen LogP contribution in [0, 0.1) is 0 Å². The minimum atomic E-state index is -0.526. The van der Waals surface area contributed by atoms with Gasteiger partial charge in [-0.15, -0.1) is 0 Å². The van der Waals surface area contributed by atoms with Crippen molar-refractivity contribution < 1.29 is 19.1 Å². The molecule has 0 aliphatic carbocycles. The van der Waals surface area contributed by atoms with Gasteiger partial charge in [-0.05, 0) is 49.4 Å². The SMILES string of the molecule is CCOC(=O)c1cc(OC)ccc1N(C)C(=O)CC(=S)N(C)c1ccc(Cl)cc1. The van der Waals surface area contributed by atoms with Crippen molar-refractivity contribution >= 4 is 52.1 Å². The molecule has 0 bridgehead atoms. The van der Waals surface area contributed by atoms with Crippen LogP contribution in [0.2, 0.25) is 5.02 Å². The third kappa shape index (κ3) is 5.68. The summed E-state index contributed by atoms with van der Waals surface area (Å²) in [6, 6.07) is 12.0. The Hall–Kier alpha value is -2.64. The van der Waals surface area contributed by atoms with Crippen molar-refractivity contribution in [3.05, 3.63) is 53.1 Å². The molecule has 0 unspecified atom stereocenters. The van der Waals surface area contributed by atoms with E-state index >= 15 is 0 Å². The van der Waals surface area contributed by atoms with Crippen LogP contribution in [-0.2, 0) is 9.53 Å². The molecule has 2 aromatic rings. The first-order valence-electron chi connectivity index (χ1n) is 8.92. The zero-order chi connectivity index (χ0) is 21.6. The van der Waals surface area contributed by atoms with Gasteiger partial charge < -0.3 is 19.3 Å². The Kier molecular flexibility index (Phi) is 7.99. The molecule has 29 heavy (non-hydrogen) atoms. The molecule has 0 saturated carbocycles. The van der Waals surface area contributed by atoms with Crippen LogP contribution in [-0.4, -0.2) is 44.7 Å². The second kappa shape index (κ2) is 10.2. The number of nitrogens with zero attached hydrogens (tertiary/aromatic N) is 2. The largest absolute Gasteiger partial charge is 0.497 e. The normalized spacial score (nSPS) is 10.2. The number of carbonyl (C=O) groups excluding carboxylic acids is 2. The second-order valence-corrected chi connectivity index (χ2v) is 7.07. The predicted molar refractivity (Wildman–Crippen MR) is 119 cm³/mol. The monoisotopic (exact) mass is 434 g/mol. The number of hydrogen-bond acceptors (Lipinski definition) is 5. The second-order valence-electron chi connectivity index (χ2n) is 6.16. The summed E-state index contributed by atoms with van der Waals surface area (Å²) < 4.78 is 10.3. The maximum absolute atomic E-state index is 12.8. The van der Waals surface area contributed by atoms with Crippen molar-refractivity contribution in [2.45, 2.75) is 13.3 Å². The van der Waals surface area contributed by atoms with E-state index < -0.39 is 5.97 Å². The Morgan fingerprint density at radius 3 is 2.31 bits per heavy atom. The van der Waals surface area contributed by atoms with Gasteiger partial charge in [-0.2, -0.15) is 0 Å². The number of amides is 1. The van der Waals surface area contributed by atoms with Gasteiger partial charge in [-0.25, -0.2) is 4.79 Å². The van der Waals surface area contributed by atoms with E-state index in [2.05, 4.69) is 0 Å². The summed E-state index contributed by atoms with van der Waals surface area (Å²) in [5, 5.41) is 0.620. The van der Waals surface area contributed by atoms with E-state index in [1.165, 1.54) is 12.0 Å². The summed E-state index contributed by atoms with van der Waals surface area (Å²) in [5.41, 5.74) is 1.50. The molecular formula is C21H23ClN2O4S. The van der Waals surface area contributed by atoms with Gasteiger partial charge in [0.05, 0.1) is 36.4 Å². The van der Waals surface area contributed by atoms with Gasteiger partial charge in [-0.1, -0.05) is 23.8 Å². The van der Waals surface area contributed by atoms with Crippen molar-refractivity contribution in [1.29, 1.82) is 0 Å². The van der Waals surface area contributed by atoms with Crippen LogP contribution in [0.1, 0.15) is 23.7 Å². The summed E-state index contributed by atoms with van der Waals surface area (Å²) in [5.74, 6) is -0.288. The van der Waals surface area contributed by atoms with Crippen molar-refractivity contribution in [3.8, 4) is 5.75 Å². The number of esters is 1. The Balaban J connectivity index is 2.19. The van der Waals surface area contributed by atoms with Crippen molar-refractivity contribution in [1.82, 2.24) is 0 Å². The highest BCUT2D eigenvalue weighted by molar-refractivity contribution is 7.80. The molecule has 6 nitrogen and oxygen atoms in total. The number of carbonyl (C=O) groups is 2. The molecule has 0 aromatic heterocycles. The van der Waals surface area contributed by atoms with Crippen LogP contribution in [0.3, 0.4) is 0 Å². The molecule has 0 heterocycles. The maximum Gasteiger partial charge on any atom is 0.340 e. The van der Waals surface area contributed by atoms with Crippen LogP contribution in [0.5, 0.6) is 5.75 Å². The van der Waals surface area contributed by atoms with Gasteiger partial charge in [0.15, 0.2) is 0 Å². The molecule has 2 aromatic carbocycles. The molecule has 0 aliphatic rings. The van der Waals surface area contributed by atoms with Gasteiger partial charge in [0.25, 0.3) is 0 Å². The number of anilines is 2. The zero-order valence-electron chi connectivity index (χ0n) is 16.8. The Bertz CT molecular complexity index is 902. The van der Waals surface area contributed by atoms with Gasteiger partial charge in [-0.3, -0.25) is 4.79 Å². The van der Waals surface area contributed by atoms with Crippen LogP contribution in [0.4, 0.5) is 11.4 Å². The molecule has 8 heteroatoms. The highest BCUT2D eigenvalue weighted by Crippen LogP contribution is 2.26. The number of hydrogen-bond donors (Lipinski definition) is 0. The van der Waals surface area contributed by atoms with Crippen molar-refractivity contribution in [2.24, 2.45) is 0 Å². The molecule has 2 rings (SSSR count). The van der Waals surface area contributed by atoms with Crippen LogP contribution in [0.25, 0.3) is 0 Å². The number of benzene rings is 2. The quantitative estimate of drug-likeness (QED) is 0.477. The average Bonchev–Trinajstić information content (AvgIpc) is 2.72. The number of thiocarbonyl (C=S) groups is 1. The summed E-state index contributed by atoms with van der Waals surface area (Å²) in [7, 11) is 4.89. The fourth-order valence-corrected chi connectivity index (χ4v) is 2.97. The summed E-state index contributed by atoms with van der Waals surface area (Å²) >= 11 is 11.4. The number of rotatable bonds is 7. The first-order chi connectivity index (χ1) is 13.8. The van der Waals surface area contributed by atoms with E-state index in [1.54, 1.807) is 56.3 Å². The summed E-state index contributed by atoms with van der Waals surface area (Å²) in [6.45, 7) is 1.95. The third-order valence-corrected chi connectivity index (χ3v) is 5.00. The first kappa shape index (κ1) is 22.6. The highest BCUT2D eigenvalue weighted by Gasteiger charge is 2.22. The average molecular weight is 435 g/mol. The Morgan fingerprint density at radius 2 is 1.72 bits per heavy atom. The van der Waals surface area contributed by atoms with E-state index in [-0.39, 0.29) is 24.5 Å². The van der Waals surface area contributed by atoms with Gasteiger partial charge in [0.2, 0.25) is 5.91 Å². The van der Waals surface area contributed by atoms with Gasteiger partial charge >= 0.3 is 5.97 Å². The predicted octanol–water partition coefficient (Wildman–Crippen LogP) is 4.34. The van der Waals surface area contributed by atoms with E-state index in [0.717, 1.165) is 5.69 Å². The lowest BCUT2D eigenvalue weighted by Gasteiger charge is -2.24. The van der Waals surface area contributed by atoms with Crippen LogP contribution < -0.4 is 14.5 Å². The number of methoxy groups -OCH3 is 1. The molecule has 0 saturated heterocycles. The maximum atomic E-state index is 12.8. The van der Waals surface area contributed by atoms with E-state index in [0.29, 0.717) is 21.4 Å². The summed E-state index contributed by atoms with van der Waals surface area (Å²) in [6.07, 6.45) is -0.000740. The third-order valence-electron chi connectivity index (χ3n) is 4.32. The molecule has 0 aliphatic heterocycles. The molecule has 0 atom stereocenters. The molecule has 0 spiro atoms. The minimum Gasteiger partial charge on any atom is -0.497 e. The fourth-order valence-electron chi connectivity index (χ4n) is 2.62. The topological polar surface area (TPSA) is 59.1 Å². The van der Waals surface area contributed by atoms with Gasteiger partial charge in [0, 0.05) is 24.8 Å². The lowest BCUT2D eigenvalue weighted by molar-refractivity contribution is -0.117. The molecule has 154 valence electrons. The van der Waals surface area contributed by atoms with Crippen molar-refractivity contribution in [2.75, 3.05) is 37.6 Å². The van der Waals surface area contributed by atoms with E-state index in [4.69, 9.17) is 33.3 Å². The van der Waals surface area contributed by atoms with Crippen LogP contribution in [0.15, 0.2) is 42.5 Å².